The Labute approximate surface area is 243 Å². The van der Waals surface area contributed by atoms with E-state index in [1.807, 2.05) is 17.8 Å². The number of hydrogen-bond donors (Lipinski definition) is 2. The fourth-order valence-corrected chi connectivity index (χ4v) is 9.81. The second-order valence-corrected chi connectivity index (χ2v) is 13.8. The van der Waals surface area contributed by atoms with E-state index < -0.39 is 17.1 Å². The number of aliphatic hydroxyl groups is 2. The smallest absolute Gasteiger partial charge is 0.187 e. The first-order valence-electron chi connectivity index (χ1n) is 14.5. The van der Waals surface area contributed by atoms with Crippen molar-refractivity contribution in [3.05, 3.63) is 71.6 Å². The molecule has 7 rings (SSSR count). The van der Waals surface area contributed by atoms with Crippen molar-refractivity contribution in [2.75, 3.05) is 5.75 Å². The predicted octanol–water partition coefficient (Wildman–Crippen LogP) is 5.05. The molecule has 7 nitrogen and oxygen atoms in total. The molecule has 4 aliphatic carbocycles. The topological polar surface area (TPSA) is 101 Å². The molecule has 2 N–H and O–H groups in total. The molecule has 0 bridgehead atoms. The molecule has 7 atom stereocenters. The van der Waals surface area contributed by atoms with Gasteiger partial charge in [0.15, 0.2) is 10.9 Å². The van der Waals surface area contributed by atoms with E-state index in [0.717, 1.165) is 42.6 Å². The van der Waals surface area contributed by atoms with E-state index in [1.54, 1.807) is 30.6 Å². The highest BCUT2D eigenvalue weighted by atomic mass is 32.2. The molecular weight excluding hydrogens is 539 g/mol. The molecule has 3 aromatic rings. The number of aliphatic hydroxyl groups excluding tert-OH is 1. The van der Waals surface area contributed by atoms with Gasteiger partial charge in [0.25, 0.3) is 0 Å². The highest BCUT2D eigenvalue weighted by Crippen LogP contribution is 2.67. The number of aromatic nitrogens is 4. The van der Waals surface area contributed by atoms with Gasteiger partial charge in [0.2, 0.25) is 0 Å². The zero-order valence-electron chi connectivity index (χ0n) is 23.3. The summed E-state index contributed by atoms with van der Waals surface area (Å²) < 4.78 is 15.4. The quantitative estimate of drug-likeness (QED) is 0.325. The molecule has 1 aromatic carbocycles. The van der Waals surface area contributed by atoms with E-state index >= 15 is 0 Å². The molecule has 3 saturated carbocycles. The number of fused-ring (bicyclic) bond motifs is 6. The van der Waals surface area contributed by atoms with E-state index in [-0.39, 0.29) is 40.5 Å². The van der Waals surface area contributed by atoms with Gasteiger partial charge in [-0.15, -0.1) is 0 Å². The van der Waals surface area contributed by atoms with Crippen LogP contribution in [0, 0.1) is 34.4 Å². The highest BCUT2D eigenvalue weighted by molar-refractivity contribution is 7.99. The summed E-state index contributed by atoms with van der Waals surface area (Å²) in [5.41, 5.74) is 1.90. The fraction of sp³-hybridized carbons (Fsp3) is 0.500. The molecule has 0 saturated heterocycles. The van der Waals surface area contributed by atoms with Crippen molar-refractivity contribution in [3.8, 4) is 5.69 Å². The van der Waals surface area contributed by atoms with Crippen LogP contribution in [-0.4, -0.2) is 53.2 Å². The van der Waals surface area contributed by atoms with Crippen molar-refractivity contribution in [2.45, 2.75) is 69.2 Å². The Morgan fingerprint density at radius 1 is 1.17 bits per heavy atom. The molecule has 0 aliphatic heterocycles. The Morgan fingerprint density at radius 2 is 1.93 bits per heavy atom. The van der Waals surface area contributed by atoms with Gasteiger partial charge in [0.05, 0.1) is 29.4 Å². The minimum atomic E-state index is -1.47. The molecule has 2 aromatic heterocycles. The van der Waals surface area contributed by atoms with Gasteiger partial charge < -0.3 is 10.2 Å². The predicted molar refractivity (Wildman–Crippen MR) is 154 cm³/mol. The third kappa shape index (κ3) is 3.99. The summed E-state index contributed by atoms with van der Waals surface area (Å²) in [6.45, 7) is 4.31. The van der Waals surface area contributed by atoms with Crippen LogP contribution < -0.4 is 0 Å². The van der Waals surface area contributed by atoms with Crippen molar-refractivity contribution in [3.63, 3.8) is 0 Å². The van der Waals surface area contributed by atoms with Gasteiger partial charge in [0, 0.05) is 17.8 Å². The first-order chi connectivity index (χ1) is 19.6. The monoisotopic (exact) mass is 574 g/mol. The molecule has 0 amide bonds. The van der Waals surface area contributed by atoms with Crippen molar-refractivity contribution in [1.82, 2.24) is 19.7 Å². The van der Waals surface area contributed by atoms with Crippen LogP contribution in [0.4, 0.5) is 4.39 Å². The van der Waals surface area contributed by atoms with Crippen molar-refractivity contribution >= 4 is 23.6 Å². The summed E-state index contributed by atoms with van der Waals surface area (Å²) in [6, 6.07) is 8.12. The van der Waals surface area contributed by atoms with Crippen molar-refractivity contribution in [1.29, 1.82) is 0 Å². The van der Waals surface area contributed by atoms with Gasteiger partial charge in [-0.25, -0.2) is 19.0 Å². The van der Waals surface area contributed by atoms with E-state index in [1.165, 1.54) is 29.5 Å². The molecule has 2 heterocycles. The number of thioether (sulfide) groups is 1. The Hall–Kier alpha value is -2.88. The number of nitrogens with zero attached hydrogens (tertiary/aromatic N) is 4. The second-order valence-electron chi connectivity index (χ2n) is 12.9. The van der Waals surface area contributed by atoms with Gasteiger partial charge in [-0.05, 0) is 104 Å². The van der Waals surface area contributed by atoms with E-state index in [0.29, 0.717) is 18.0 Å². The summed E-state index contributed by atoms with van der Waals surface area (Å²) in [5.74, 6) is 0.0485. The van der Waals surface area contributed by atoms with Gasteiger partial charge in [-0.2, -0.15) is 5.10 Å². The standard InChI is InChI=1S/C32H35FN4O3S/c1-30-15-19-17-36-37(22-7-5-21(33)6-8-22)25(19)14-20(30)4-9-23-24-10-11-32(40,31(24,2)16-26(38)28(23)30)27(39)18-41-29-34-12-3-13-35-29/h3,5-8,12-14,17,23-24,26,28,38,40H,4,9-11,15-16,18H2,1-2H3/t23?,24?,26-,28?,30?,31?,32-/m0/s1. The molecule has 3 fully saturated rings. The molecule has 0 spiro atoms. The van der Waals surface area contributed by atoms with Crippen LogP contribution in [0.3, 0.4) is 0 Å². The summed E-state index contributed by atoms with van der Waals surface area (Å²) in [7, 11) is 0. The Morgan fingerprint density at radius 3 is 2.68 bits per heavy atom. The van der Waals surface area contributed by atoms with Crippen LogP contribution in [0.25, 0.3) is 11.8 Å². The molecule has 214 valence electrons. The zero-order valence-corrected chi connectivity index (χ0v) is 24.1. The average Bonchev–Trinajstić information content (AvgIpc) is 3.48. The van der Waals surface area contributed by atoms with Crippen LogP contribution in [-0.2, 0) is 11.2 Å². The molecule has 4 aliphatic rings. The number of Topliss-reactive ketones (excluding diaryl/α,β-unsaturated/α-hetero) is 1. The van der Waals surface area contributed by atoms with Gasteiger partial charge in [-0.1, -0.05) is 31.2 Å². The van der Waals surface area contributed by atoms with Crippen LogP contribution in [0.5, 0.6) is 0 Å². The highest BCUT2D eigenvalue weighted by Gasteiger charge is 2.68. The van der Waals surface area contributed by atoms with Crippen LogP contribution in [0.1, 0.15) is 57.2 Å². The number of benzene rings is 1. The Bertz CT molecular complexity index is 1530. The summed E-state index contributed by atoms with van der Waals surface area (Å²) in [6.07, 6.45) is 11.0. The third-order valence-electron chi connectivity index (χ3n) is 11.0. The number of ketones is 1. The number of rotatable bonds is 5. The maximum absolute atomic E-state index is 13.6. The SMILES string of the molecule is CC12Cc3cnn(-c4ccc(F)cc4)c3C=C1CCC1C2[C@@H](O)CC2(C)C1CC[C@]2(O)C(=O)CSc1ncccn1. The van der Waals surface area contributed by atoms with Crippen LogP contribution in [0.2, 0.25) is 0 Å². The van der Waals surface area contributed by atoms with Crippen LogP contribution in [0.15, 0.2) is 59.7 Å². The largest absolute Gasteiger partial charge is 0.393 e. The normalized spacial score (nSPS) is 35.6. The molecule has 41 heavy (non-hydrogen) atoms. The number of carbonyl (C=O) groups excluding carboxylic acids is 1. The molecule has 9 heteroatoms. The lowest BCUT2D eigenvalue weighted by atomic mass is 9.45. The maximum atomic E-state index is 13.6. The number of carbonyl (C=O) groups is 1. The molecule has 5 unspecified atom stereocenters. The minimum Gasteiger partial charge on any atom is -0.393 e. The first-order valence-corrected chi connectivity index (χ1v) is 15.5. The molecular formula is C32H35FN4O3S. The lowest BCUT2D eigenvalue weighted by molar-refractivity contribution is -0.177. The van der Waals surface area contributed by atoms with Gasteiger partial charge >= 0.3 is 0 Å². The Balaban J connectivity index is 1.16. The maximum Gasteiger partial charge on any atom is 0.187 e. The number of hydrogen-bond acceptors (Lipinski definition) is 7. The lowest BCUT2D eigenvalue weighted by Gasteiger charge is -2.60. The number of halogens is 1. The van der Waals surface area contributed by atoms with Crippen LogP contribution >= 0.6 is 11.8 Å². The first kappa shape index (κ1) is 27.0. The fourth-order valence-electron chi connectivity index (χ4n) is 9.05. The lowest BCUT2D eigenvalue weighted by Crippen LogP contribution is -2.62. The van der Waals surface area contributed by atoms with E-state index in [9.17, 15) is 19.4 Å². The zero-order chi connectivity index (χ0) is 28.6. The second kappa shape index (κ2) is 9.57. The summed E-state index contributed by atoms with van der Waals surface area (Å²) in [4.78, 5) is 22.0. The van der Waals surface area contributed by atoms with Gasteiger partial charge in [-0.3, -0.25) is 4.79 Å². The minimum absolute atomic E-state index is 0.0347. The summed E-state index contributed by atoms with van der Waals surface area (Å²) >= 11 is 1.26. The average molecular weight is 575 g/mol. The molecule has 0 radical (unpaired) electrons. The van der Waals surface area contributed by atoms with Crippen molar-refractivity contribution < 1.29 is 19.4 Å². The summed E-state index contributed by atoms with van der Waals surface area (Å²) in [5, 5.41) is 29.0. The van der Waals surface area contributed by atoms with Gasteiger partial charge in [0.1, 0.15) is 11.4 Å². The third-order valence-corrected chi connectivity index (χ3v) is 11.9. The number of allylic oxidation sites excluding steroid dienone is 1. The van der Waals surface area contributed by atoms with E-state index in [4.69, 9.17) is 0 Å². The van der Waals surface area contributed by atoms with Crippen molar-refractivity contribution in [2.24, 2.45) is 28.6 Å². The Kier molecular flexibility index (Phi) is 6.30. The van der Waals surface area contributed by atoms with E-state index in [2.05, 4.69) is 28.1 Å².